The normalized spacial score (nSPS) is 19.1. The molecule has 6 nitrogen and oxygen atoms in total. The first-order valence-corrected chi connectivity index (χ1v) is 8.22. The average Bonchev–Trinajstić information content (AvgIpc) is 3.01. The van der Waals surface area contributed by atoms with Gasteiger partial charge in [-0.25, -0.2) is 4.39 Å². The predicted octanol–water partition coefficient (Wildman–Crippen LogP) is 1.46. The van der Waals surface area contributed by atoms with Gasteiger partial charge in [0, 0.05) is 39.8 Å². The van der Waals surface area contributed by atoms with Gasteiger partial charge in [0.05, 0.1) is 6.61 Å². The SMILES string of the molecule is CN(CCN1CCO[C@H](c2nncn2C)C1)Cc1ccc(F)cc1. The minimum absolute atomic E-state index is 0.0198. The second kappa shape index (κ2) is 7.83. The van der Waals surface area contributed by atoms with Crippen LogP contribution in [-0.4, -0.2) is 64.4 Å². The van der Waals surface area contributed by atoms with E-state index in [9.17, 15) is 4.39 Å². The molecule has 7 heteroatoms. The Morgan fingerprint density at radius 2 is 2.12 bits per heavy atom. The molecule has 0 N–H and O–H groups in total. The van der Waals surface area contributed by atoms with E-state index in [1.54, 1.807) is 6.33 Å². The molecular weight excluding hydrogens is 309 g/mol. The molecule has 1 aliphatic heterocycles. The molecule has 1 atom stereocenters. The standard InChI is InChI=1S/C17H24FN5O/c1-21(11-14-3-5-15(18)6-4-14)7-8-23-9-10-24-16(12-23)17-20-19-13-22(17)2/h3-6,13,16H,7-12H2,1-2H3/t16-/m0/s1. The van der Waals surface area contributed by atoms with Gasteiger partial charge in [-0.15, -0.1) is 10.2 Å². The number of benzene rings is 1. The van der Waals surface area contributed by atoms with Crippen molar-refractivity contribution in [1.29, 1.82) is 0 Å². The molecule has 3 rings (SSSR count). The van der Waals surface area contributed by atoms with Gasteiger partial charge in [-0.05, 0) is 24.7 Å². The third-order valence-electron chi connectivity index (χ3n) is 4.35. The molecule has 0 unspecified atom stereocenters. The van der Waals surface area contributed by atoms with Crippen LogP contribution in [0.3, 0.4) is 0 Å². The number of aromatic nitrogens is 3. The average molecular weight is 333 g/mol. The first-order valence-electron chi connectivity index (χ1n) is 8.22. The van der Waals surface area contributed by atoms with E-state index in [4.69, 9.17) is 4.74 Å². The second-order valence-electron chi connectivity index (χ2n) is 6.32. The van der Waals surface area contributed by atoms with E-state index in [1.165, 1.54) is 12.1 Å². The molecule has 2 heterocycles. The van der Waals surface area contributed by atoms with Crippen molar-refractivity contribution in [3.63, 3.8) is 0 Å². The first-order chi connectivity index (χ1) is 11.6. The third-order valence-corrected chi connectivity index (χ3v) is 4.35. The van der Waals surface area contributed by atoms with Crippen molar-refractivity contribution in [2.45, 2.75) is 12.6 Å². The lowest BCUT2D eigenvalue weighted by molar-refractivity contribution is -0.0373. The number of aryl methyl sites for hydroxylation is 1. The Hall–Kier alpha value is -1.83. The van der Waals surface area contributed by atoms with E-state index >= 15 is 0 Å². The van der Waals surface area contributed by atoms with Gasteiger partial charge in [0.1, 0.15) is 18.2 Å². The molecule has 0 radical (unpaired) electrons. The first kappa shape index (κ1) is 17.0. The van der Waals surface area contributed by atoms with Crippen LogP contribution in [0.2, 0.25) is 0 Å². The summed E-state index contributed by atoms with van der Waals surface area (Å²) < 4.78 is 20.7. The minimum atomic E-state index is -0.190. The van der Waals surface area contributed by atoms with E-state index in [1.807, 2.05) is 23.7 Å². The molecule has 130 valence electrons. The van der Waals surface area contributed by atoms with Crippen LogP contribution in [0.4, 0.5) is 4.39 Å². The number of ether oxygens (including phenoxy) is 1. The second-order valence-corrected chi connectivity index (χ2v) is 6.32. The number of hydrogen-bond donors (Lipinski definition) is 0. The van der Waals surface area contributed by atoms with E-state index in [2.05, 4.69) is 27.0 Å². The summed E-state index contributed by atoms with van der Waals surface area (Å²) >= 11 is 0. The van der Waals surface area contributed by atoms with Crippen molar-refractivity contribution in [1.82, 2.24) is 24.6 Å². The van der Waals surface area contributed by atoms with E-state index in [0.29, 0.717) is 6.61 Å². The van der Waals surface area contributed by atoms with E-state index < -0.39 is 0 Å². The maximum atomic E-state index is 13.0. The van der Waals surface area contributed by atoms with Crippen LogP contribution in [0.5, 0.6) is 0 Å². The molecule has 0 amide bonds. The fraction of sp³-hybridized carbons (Fsp3) is 0.529. The summed E-state index contributed by atoms with van der Waals surface area (Å²) in [5.74, 6) is 0.684. The van der Waals surface area contributed by atoms with Crippen molar-refractivity contribution in [2.24, 2.45) is 7.05 Å². The van der Waals surface area contributed by atoms with Crippen molar-refractivity contribution in [2.75, 3.05) is 39.8 Å². The zero-order chi connectivity index (χ0) is 16.9. The Bertz CT molecular complexity index is 645. The minimum Gasteiger partial charge on any atom is -0.368 e. The lowest BCUT2D eigenvalue weighted by atomic mass is 10.2. The number of hydrogen-bond acceptors (Lipinski definition) is 5. The molecule has 0 saturated carbocycles. The van der Waals surface area contributed by atoms with Crippen molar-refractivity contribution in [3.05, 3.63) is 47.8 Å². The fourth-order valence-corrected chi connectivity index (χ4v) is 2.94. The third kappa shape index (κ3) is 4.37. The Morgan fingerprint density at radius 1 is 1.33 bits per heavy atom. The molecule has 1 aliphatic rings. The van der Waals surface area contributed by atoms with Crippen molar-refractivity contribution >= 4 is 0 Å². The monoisotopic (exact) mass is 333 g/mol. The van der Waals surface area contributed by atoms with Crippen LogP contribution in [0.15, 0.2) is 30.6 Å². The number of halogens is 1. The number of morpholine rings is 1. The zero-order valence-corrected chi connectivity index (χ0v) is 14.2. The molecule has 0 bridgehead atoms. The Labute approximate surface area is 141 Å². The van der Waals surface area contributed by atoms with Crippen LogP contribution in [0.1, 0.15) is 17.5 Å². The molecule has 1 fully saturated rings. The molecular formula is C17H24FN5O. The van der Waals surface area contributed by atoms with Gasteiger partial charge in [0.25, 0.3) is 0 Å². The lowest BCUT2D eigenvalue weighted by Gasteiger charge is -2.33. The summed E-state index contributed by atoms with van der Waals surface area (Å²) in [6.07, 6.45) is 1.68. The highest BCUT2D eigenvalue weighted by atomic mass is 19.1. The van der Waals surface area contributed by atoms with E-state index in [0.717, 1.165) is 44.1 Å². The van der Waals surface area contributed by atoms with Crippen LogP contribution < -0.4 is 0 Å². The highest BCUT2D eigenvalue weighted by Crippen LogP contribution is 2.19. The summed E-state index contributed by atoms with van der Waals surface area (Å²) in [5, 5.41) is 8.08. The zero-order valence-electron chi connectivity index (χ0n) is 14.2. The van der Waals surface area contributed by atoms with Gasteiger partial charge in [-0.1, -0.05) is 12.1 Å². The molecule has 1 aromatic heterocycles. The van der Waals surface area contributed by atoms with Gasteiger partial charge >= 0.3 is 0 Å². The topological polar surface area (TPSA) is 46.4 Å². The van der Waals surface area contributed by atoms with Crippen molar-refractivity contribution in [3.8, 4) is 0 Å². The predicted molar refractivity (Wildman–Crippen MR) is 88.9 cm³/mol. The summed E-state index contributed by atoms with van der Waals surface area (Å²) in [4.78, 5) is 4.64. The fourth-order valence-electron chi connectivity index (χ4n) is 2.94. The number of rotatable bonds is 6. The smallest absolute Gasteiger partial charge is 0.163 e. The van der Waals surface area contributed by atoms with Gasteiger partial charge in [0.15, 0.2) is 5.82 Å². The number of nitrogens with zero attached hydrogens (tertiary/aromatic N) is 5. The van der Waals surface area contributed by atoms with Crippen LogP contribution in [0.25, 0.3) is 0 Å². The molecule has 24 heavy (non-hydrogen) atoms. The maximum absolute atomic E-state index is 13.0. The summed E-state index contributed by atoms with van der Waals surface area (Å²) in [5.41, 5.74) is 1.12. The van der Waals surface area contributed by atoms with Gasteiger partial charge in [0.2, 0.25) is 0 Å². The van der Waals surface area contributed by atoms with Gasteiger partial charge in [-0.2, -0.15) is 0 Å². The molecule has 0 spiro atoms. The number of likely N-dealkylation sites (N-methyl/N-ethyl adjacent to an activating group) is 1. The molecule has 2 aromatic rings. The molecule has 1 saturated heterocycles. The summed E-state index contributed by atoms with van der Waals surface area (Å²) in [6, 6.07) is 6.70. The summed E-state index contributed by atoms with van der Waals surface area (Å²) in [6.45, 7) is 5.20. The van der Waals surface area contributed by atoms with Crippen molar-refractivity contribution < 1.29 is 9.13 Å². The maximum Gasteiger partial charge on any atom is 0.163 e. The Balaban J connectivity index is 1.47. The van der Waals surface area contributed by atoms with Gasteiger partial charge < -0.3 is 14.2 Å². The quantitative estimate of drug-likeness (QED) is 0.801. The molecule has 1 aromatic carbocycles. The van der Waals surface area contributed by atoms with Crippen LogP contribution in [0, 0.1) is 5.82 Å². The summed E-state index contributed by atoms with van der Waals surface area (Å²) in [7, 11) is 4.03. The highest BCUT2D eigenvalue weighted by Gasteiger charge is 2.25. The Kier molecular flexibility index (Phi) is 5.55. The van der Waals surface area contributed by atoms with Crippen LogP contribution in [-0.2, 0) is 18.3 Å². The van der Waals surface area contributed by atoms with Gasteiger partial charge in [-0.3, -0.25) is 4.90 Å². The lowest BCUT2D eigenvalue weighted by Crippen LogP contribution is -2.42. The highest BCUT2D eigenvalue weighted by molar-refractivity contribution is 5.15. The van der Waals surface area contributed by atoms with E-state index in [-0.39, 0.29) is 11.9 Å². The Morgan fingerprint density at radius 3 is 2.83 bits per heavy atom. The van der Waals surface area contributed by atoms with Crippen LogP contribution >= 0.6 is 0 Å². The molecule has 0 aliphatic carbocycles. The largest absolute Gasteiger partial charge is 0.368 e.